The molecule has 4 rings (SSSR count). The maximum Gasteiger partial charge on any atom is 0.227 e. The first-order valence-electron chi connectivity index (χ1n) is 10.8. The Morgan fingerprint density at radius 3 is 2.58 bits per heavy atom. The number of hydrogen-bond acceptors (Lipinski definition) is 5. The molecule has 0 unspecified atom stereocenters. The zero-order valence-electron chi connectivity index (χ0n) is 17.9. The Kier molecular flexibility index (Phi) is 7.07. The Labute approximate surface area is 182 Å². The molecule has 0 spiro atoms. The minimum atomic E-state index is -0.0244. The molecule has 3 aromatic rings. The van der Waals surface area contributed by atoms with Gasteiger partial charge in [0.2, 0.25) is 17.6 Å². The molecule has 1 saturated heterocycles. The van der Waals surface area contributed by atoms with Gasteiger partial charge in [-0.25, -0.2) is 0 Å². The second-order valence-corrected chi connectivity index (χ2v) is 7.96. The number of aromatic nitrogens is 2. The summed E-state index contributed by atoms with van der Waals surface area (Å²) in [7, 11) is 0. The van der Waals surface area contributed by atoms with Crippen LogP contribution >= 0.6 is 0 Å². The highest BCUT2D eigenvalue weighted by Gasteiger charge is 2.16. The van der Waals surface area contributed by atoms with Gasteiger partial charge in [0.1, 0.15) is 19.6 Å². The van der Waals surface area contributed by atoms with Crippen LogP contribution in [0.4, 0.5) is 0 Å². The summed E-state index contributed by atoms with van der Waals surface area (Å²) in [6, 6.07) is 16.3. The third-order valence-corrected chi connectivity index (χ3v) is 5.58. The summed E-state index contributed by atoms with van der Waals surface area (Å²) in [6.07, 6.45) is 0.733. The minimum Gasteiger partial charge on any atom is -0.370 e. The van der Waals surface area contributed by atoms with Gasteiger partial charge in [-0.1, -0.05) is 59.3 Å². The molecule has 1 aliphatic rings. The van der Waals surface area contributed by atoms with Crippen molar-refractivity contribution in [2.75, 3.05) is 26.3 Å². The van der Waals surface area contributed by atoms with E-state index in [1.165, 1.54) is 16.0 Å². The van der Waals surface area contributed by atoms with E-state index in [0.717, 1.165) is 44.0 Å². The van der Waals surface area contributed by atoms with Crippen LogP contribution < -0.4 is 10.2 Å². The third kappa shape index (κ3) is 5.99. The number of carbonyl (C=O) groups excluding carboxylic acids is 1. The maximum atomic E-state index is 12.4. The van der Waals surface area contributed by atoms with E-state index >= 15 is 0 Å². The molecule has 2 aromatic carbocycles. The summed E-state index contributed by atoms with van der Waals surface area (Å²) >= 11 is 0. The predicted molar refractivity (Wildman–Crippen MR) is 116 cm³/mol. The molecule has 1 aromatic heterocycles. The second-order valence-electron chi connectivity index (χ2n) is 7.96. The predicted octanol–water partition coefficient (Wildman–Crippen LogP) is 1.71. The highest BCUT2D eigenvalue weighted by Crippen LogP contribution is 2.17. The van der Waals surface area contributed by atoms with Crippen LogP contribution in [-0.2, 0) is 29.0 Å². The number of rotatable bonds is 8. The Morgan fingerprint density at radius 2 is 1.81 bits per heavy atom. The van der Waals surface area contributed by atoms with E-state index in [0.29, 0.717) is 31.1 Å². The fourth-order valence-electron chi connectivity index (χ4n) is 3.69. The van der Waals surface area contributed by atoms with Crippen molar-refractivity contribution in [3.05, 3.63) is 71.1 Å². The molecule has 31 heavy (non-hydrogen) atoms. The van der Waals surface area contributed by atoms with Crippen molar-refractivity contribution in [3.8, 4) is 11.4 Å². The highest BCUT2D eigenvalue weighted by atomic mass is 16.5. The molecular weight excluding hydrogens is 392 g/mol. The molecule has 1 aliphatic heterocycles. The largest absolute Gasteiger partial charge is 0.370 e. The quantitative estimate of drug-likeness (QED) is 0.579. The van der Waals surface area contributed by atoms with E-state index in [-0.39, 0.29) is 5.91 Å². The summed E-state index contributed by atoms with van der Waals surface area (Å²) in [6.45, 7) is 7.19. The highest BCUT2D eigenvalue weighted by molar-refractivity contribution is 5.76. The van der Waals surface area contributed by atoms with Crippen molar-refractivity contribution in [2.24, 2.45) is 0 Å². The number of nitrogens with zero attached hydrogens (tertiary/aromatic N) is 2. The first kappa shape index (κ1) is 21.2. The van der Waals surface area contributed by atoms with Crippen molar-refractivity contribution >= 4 is 5.91 Å². The SMILES string of the molecule is Cc1ccc(-c2noc(CCC(=O)NCc3ccccc3C[NH+]3CCOCC3)n2)cc1. The number of benzene rings is 2. The summed E-state index contributed by atoms with van der Waals surface area (Å²) in [5, 5.41) is 7.05. The Balaban J connectivity index is 1.27. The number of quaternary nitrogens is 1. The lowest BCUT2D eigenvalue weighted by atomic mass is 10.1. The molecule has 0 atom stereocenters. The van der Waals surface area contributed by atoms with Gasteiger partial charge < -0.3 is 19.5 Å². The molecule has 1 fully saturated rings. The van der Waals surface area contributed by atoms with Crippen molar-refractivity contribution in [1.29, 1.82) is 0 Å². The molecule has 0 aliphatic carbocycles. The molecule has 2 N–H and O–H groups in total. The fourth-order valence-corrected chi connectivity index (χ4v) is 3.69. The average molecular weight is 422 g/mol. The van der Waals surface area contributed by atoms with Gasteiger partial charge in [-0.05, 0) is 12.5 Å². The van der Waals surface area contributed by atoms with Gasteiger partial charge in [0.05, 0.1) is 13.2 Å². The van der Waals surface area contributed by atoms with Crippen molar-refractivity contribution in [1.82, 2.24) is 15.5 Å². The van der Waals surface area contributed by atoms with E-state index in [1.807, 2.05) is 37.3 Å². The molecule has 0 bridgehead atoms. The van der Waals surface area contributed by atoms with Gasteiger partial charge in [-0.3, -0.25) is 4.79 Å². The fraction of sp³-hybridized carbons (Fsp3) is 0.375. The molecular formula is C24H29N4O3+. The summed E-state index contributed by atoms with van der Waals surface area (Å²) < 4.78 is 10.8. The first-order valence-corrected chi connectivity index (χ1v) is 10.8. The number of morpholine rings is 1. The third-order valence-electron chi connectivity index (χ3n) is 5.58. The molecule has 7 heteroatoms. The van der Waals surface area contributed by atoms with Crippen LogP contribution in [0, 0.1) is 6.92 Å². The molecule has 2 heterocycles. The van der Waals surface area contributed by atoms with Crippen molar-refractivity contribution in [2.45, 2.75) is 32.9 Å². The van der Waals surface area contributed by atoms with Gasteiger partial charge in [-0.2, -0.15) is 4.98 Å². The summed E-state index contributed by atoms with van der Waals surface area (Å²) in [5.74, 6) is 1.00. The van der Waals surface area contributed by atoms with Crippen LogP contribution in [0.2, 0.25) is 0 Å². The van der Waals surface area contributed by atoms with Gasteiger partial charge in [0.25, 0.3) is 0 Å². The lowest BCUT2D eigenvalue weighted by molar-refractivity contribution is -0.921. The lowest BCUT2D eigenvalue weighted by Gasteiger charge is -2.24. The Bertz CT molecular complexity index is 994. The van der Waals surface area contributed by atoms with E-state index < -0.39 is 0 Å². The molecule has 0 saturated carbocycles. The summed E-state index contributed by atoms with van der Waals surface area (Å²) in [4.78, 5) is 18.3. The van der Waals surface area contributed by atoms with Gasteiger partial charge in [0.15, 0.2) is 0 Å². The van der Waals surface area contributed by atoms with Crippen LogP contribution in [0.3, 0.4) is 0 Å². The topological polar surface area (TPSA) is 81.7 Å². The van der Waals surface area contributed by atoms with E-state index in [1.54, 1.807) is 0 Å². The maximum absolute atomic E-state index is 12.4. The molecule has 162 valence electrons. The number of aryl methyl sites for hydroxylation is 2. The number of hydrogen-bond donors (Lipinski definition) is 2. The van der Waals surface area contributed by atoms with Crippen molar-refractivity contribution < 1.29 is 19.0 Å². The van der Waals surface area contributed by atoms with Crippen LogP contribution in [0.5, 0.6) is 0 Å². The van der Waals surface area contributed by atoms with Gasteiger partial charge in [0, 0.05) is 30.5 Å². The average Bonchev–Trinajstić information content (AvgIpc) is 3.27. The van der Waals surface area contributed by atoms with Gasteiger partial charge in [-0.15, -0.1) is 0 Å². The first-order chi connectivity index (χ1) is 15.2. The second kappa shape index (κ2) is 10.3. The number of ether oxygens (including phenoxy) is 1. The zero-order valence-corrected chi connectivity index (χ0v) is 17.9. The Hall–Kier alpha value is -3.03. The lowest BCUT2D eigenvalue weighted by Crippen LogP contribution is -3.12. The number of amides is 1. The standard InChI is InChI=1S/C24H28N4O3/c1-18-6-8-19(9-7-18)24-26-23(31-27-24)11-10-22(29)25-16-20-4-2-3-5-21(20)17-28-12-14-30-15-13-28/h2-9H,10-17H2,1H3,(H,25,29)/p+1. The monoisotopic (exact) mass is 421 g/mol. The number of carbonyl (C=O) groups is 1. The van der Waals surface area contributed by atoms with Gasteiger partial charge >= 0.3 is 0 Å². The van der Waals surface area contributed by atoms with Crippen LogP contribution in [0.1, 0.15) is 29.0 Å². The summed E-state index contributed by atoms with van der Waals surface area (Å²) in [5.41, 5.74) is 4.52. The van der Waals surface area contributed by atoms with Crippen LogP contribution in [0.25, 0.3) is 11.4 Å². The minimum absolute atomic E-state index is 0.0244. The molecule has 1 amide bonds. The van der Waals surface area contributed by atoms with E-state index in [4.69, 9.17) is 9.26 Å². The van der Waals surface area contributed by atoms with Crippen molar-refractivity contribution in [3.63, 3.8) is 0 Å². The normalized spacial score (nSPS) is 14.5. The van der Waals surface area contributed by atoms with Crippen LogP contribution in [0.15, 0.2) is 53.1 Å². The number of nitrogens with one attached hydrogen (secondary N) is 2. The van der Waals surface area contributed by atoms with E-state index in [9.17, 15) is 4.79 Å². The Morgan fingerprint density at radius 1 is 1.06 bits per heavy atom. The molecule has 7 nitrogen and oxygen atoms in total. The van der Waals surface area contributed by atoms with E-state index in [2.05, 4.69) is 33.7 Å². The van der Waals surface area contributed by atoms with Crippen LogP contribution in [-0.4, -0.2) is 42.4 Å². The smallest absolute Gasteiger partial charge is 0.227 e. The zero-order chi connectivity index (χ0) is 21.5. The molecule has 0 radical (unpaired) electrons.